The SMILES string of the molecule is CC1(N)C=CC=CC1C(F)(F)F. The van der Waals surface area contributed by atoms with E-state index in [4.69, 9.17) is 5.73 Å². The van der Waals surface area contributed by atoms with Gasteiger partial charge in [0.05, 0.1) is 5.92 Å². The van der Waals surface area contributed by atoms with E-state index in [9.17, 15) is 13.2 Å². The van der Waals surface area contributed by atoms with Gasteiger partial charge in [-0.15, -0.1) is 0 Å². The predicted molar refractivity (Wildman–Crippen MR) is 40.4 cm³/mol. The summed E-state index contributed by atoms with van der Waals surface area (Å²) in [7, 11) is 0. The first kappa shape index (κ1) is 9.32. The van der Waals surface area contributed by atoms with Crippen LogP contribution in [0.25, 0.3) is 0 Å². The number of hydrogen-bond donors (Lipinski definition) is 1. The molecule has 2 atom stereocenters. The molecule has 0 fully saturated rings. The van der Waals surface area contributed by atoms with Crippen molar-refractivity contribution in [3.63, 3.8) is 0 Å². The lowest BCUT2D eigenvalue weighted by Crippen LogP contribution is -2.49. The van der Waals surface area contributed by atoms with E-state index in [1.165, 1.54) is 25.2 Å². The summed E-state index contributed by atoms with van der Waals surface area (Å²) < 4.78 is 36.8. The molecule has 0 aromatic rings. The van der Waals surface area contributed by atoms with Gasteiger partial charge < -0.3 is 5.73 Å². The molecule has 0 amide bonds. The molecule has 2 N–H and O–H groups in total. The molecule has 0 saturated carbocycles. The third-order valence-electron chi connectivity index (χ3n) is 1.89. The van der Waals surface area contributed by atoms with E-state index in [0.717, 1.165) is 6.08 Å². The molecule has 0 radical (unpaired) electrons. The van der Waals surface area contributed by atoms with Crippen LogP contribution in [0.2, 0.25) is 0 Å². The van der Waals surface area contributed by atoms with Gasteiger partial charge in [0.25, 0.3) is 0 Å². The lowest BCUT2D eigenvalue weighted by Gasteiger charge is -2.32. The molecular formula is C8H10F3N. The van der Waals surface area contributed by atoms with E-state index in [0.29, 0.717) is 0 Å². The topological polar surface area (TPSA) is 26.0 Å². The highest BCUT2D eigenvalue weighted by molar-refractivity contribution is 5.23. The first-order chi connectivity index (χ1) is 5.34. The molecule has 1 rings (SSSR count). The Kier molecular flexibility index (Phi) is 2.04. The van der Waals surface area contributed by atoms with Crippen LogP contribution >= 0.6 is 0 Å². The molecule has 1 aliphatic rings. The molecule has 68 valence electrons. The van der Waals surface area contributed by atoms with Crippen LogP contribution in [-0.4, -0.2) is 11.7 Å². The highest BCUT2D eigenvalue weighted by Gasteiger charge is 2.47. The molecule has 0 spiro atoms. The molecule has 1 nitrogen and oxygen atoms in total. The summed E-state index contributed by atoms with van der Waals surface area (Å²) in [6, 6.07) is 0. The standard InChI is InChI=1S/C8H10F3N/c1-7(12)5-3-2-4-6(7)8(9,10)11/h2-6H,12H2,1H3. The van der Waals surface area contributed by atoms with E-state index >= 15 is 0 Å². The second-order valence-corrected chi connectivity index (χ2v) is 3.13. The fraction of sp³-hybridized carbons (Fsp3) is 0.500. The van der Waals surface area contributed by atoms with Crippen molar-refractivity contribution in [2.45, 2.75) is 18.6 Å². The maximum absolute atomic E-state index is 12.3. The molecule has 0 heterocycles. The van der Waals surface area contributed by atoms with Crippen LogP contribution in [0, 0.1) is 5.92 Å². The fourth-order valence-corrected chi connectivity index (χ4v) is 1.21. The Morgan fingerprint density at radius 3 is 2.25 bits per heavy atom. The number of alkyl halides is 3. The van der Waals surface area contributed by atoms with Gasteiger partial charge in [0, 0.05) is 5.54 Å². The third kappa shape index (κ3) is 1.69. The third-order valence-corrected chi connectivity index (χ3v) is 1.89. The van der Waals surface area contributed by atoms with Crippen LogP contribution in [0.4, 0.5) is 13.2 Å². The van der Waals surface area contributed by atoms with E-state index in [-0.39, 0.29) is 0 Å². The second-order valence-electron chi connectivity index (χ2n) is 3.13. The highest BCUT2D eigenvalue weighted by Crippen LogP contribution is 2.36. The van der Waals surface area contributed by atoms with Crippen molar-refractivity contribution in [2.75, 3.05) is 0 Å². The second kappa shape index (κ2) is 2.62. The summed E-state index contributed by atoms with van der Waals surface area (Å²) in [6.07, 6.45) is 1.09. The summed E-state index contributed by atoms with van der Waals surface area (Å²) >= 11 is 0. The maximum Gasteiger partial charge on any atom is 0.397 e. The minimum absolute atomic E-state index is 1.08. The molecule has 0 aliphatic heterocycles. The normalized spacial score (nSPS) is 35.6. The van der Waals surface area contributed by atoms with Gasteiger partial charge >= 0.3 is 6.18 Å². The summed E-state index contributed by atoms with van der Waals surface area (Å²) in [5.41, 5.74) is 4.14. The summed E-state index contributed by atoms with van der Waals surface area (Å²) in [5.74, 6) is -1.57. The zero-order valence-corrected chi connectivity index (χ0v) is 6.60. The van der Waals surface area contributed by atoms with E-state index in [1.54, 1.807) is 0 Å². The van der Waals surface area contributed by atoms with Crippen LogP contribution in [0.1, 0.15) is 6.92 Å². The fourth-order valence-electron chi connectivity index (χ4n) is 1.21. The molecule has 0 bridgehead atoms. The van der Waals surface area contributed by atoms with Crippen molar-refractivity contribution in [3.05, 3.63) is 24.3 Å². The van der Waals surface area contributed by atoms with Crippen LogP contribution in [0.5, 0.6) is 0 Å². The Morgan fingerprint density at radius 2 is 1.92 bits per heavy atom. The lowest BCUT2D eigenvalue weighted by atomic mass is 9.83. The molecule has 0 saturated heterocycles. The highest BCUT2D eigenvalue weighted by atomic mass is 19.4. The first-order valence-electron chi connectivity index (χ1n) is 3.55. The van der Waals surface area contributed by atoms with Gasteiger partial charge in [0.1, 0.15) is 0 Å². The summed E-state index contributed by atoms with van der Waals surface area (Å²) in [6.45, 7) is 1.37. The van der Waals surface area contributed by atoms with Crippen molar-refractivity contribution < 1.29 is 13.2 Å². The number of nitrogens with two attached hydrogens (primary N) is 1. The van der Waals surface area contributed by atoms with Gasteiger partial charge in [-0.25, -0.2) is 0 Å². The number of hydrogen-bond acceptors (Lipinski definition) is 1. The summed E-state index contributed by atoms with van der Waals surface area (Å²) in [5, 5.41) is 0. The number of halogens is 3. The minimum atomic E-state index is -4.26. The molecule has 1 aliphatic carbocycles. The van der Waals surface area contributed by atoms with Gasteiger partial charge in [0.15, 0.2) is 0 Å². The summed E-state index contributed by atoms with van der Waals surface area (Å²) in [4.78, 5) is 0. The van der Waals surface area contributed by atoms with Crippen molar-refractivity contribution in [1.82, 2.24) is 0 Å². The Bertz CT molecular complexity index is 225. The largest absolute Gasteiger partial charge is 0.397 e. The molecule has 2 unspecified atom stereocenters. The maximum atomic E-state index is 12.3. The lowest BCUT2D eigenvalue weighted by molar-refractivity contribution is -0.171. The zero-order valence-electron chi connectivity index (χ0n) is 6.60. The van der Waals surface area contributed by atoms with Crippen molar-refractivity contribution in [2.24, 2.45) is 11.7 Å². The molecule has 0 aromatic carbocycles. The van der Waals surface area contributed by atoms with Gasteiger partial charge in [0.2, 0.25) is 0 Å². The Morgan fingerprint density at radius 1 is 1.33 bits per heavy atom. The van der Waals surface area contributed by atoms with Gasteiger partial charge in [-0.3, -0.25) is 0 Å². The van der Waals surface area contributed by atoms with Crippen molar-refractivity contribution >= 4 is 0 Å². The zero-order chi connectivity index (χ0) is 9.41. The van der Waals surface area contributed by atoms with Crippen LogP contribution in [0.3, 0.4) is 0 Å². The minimum Gasteiger partial charge on any atom is -0.321 e. The monoisotopic (exact) mass is 177 g/mol. The smallest absolute Gasteiger partial charge is 0.321 e. The number of rotatable bonds is 0. The van der Waals surface area contributed by atoms with E-state index in [1.807, 2.05) is 0 Å². The van der Waals surface area contributed by atoms with Crippen molar-refractivity contribution in [3.8, 4) is 0 Å². The molecule has 0 aromatic heterocycles. The van der Waals surface area contributed by atoms with Gasteiger partial charge in [-0.05, 0) is 6.92 Å². The first-order valence-corrected chi connectivity index (χ1v) is 3.55. The quantitative estimate of drug-likeness (QED) is 0.601. The Labute approximate surface area is 68.7 Å². The van der Waals surface area contributed by atoms with Crippen LogP contribution in [0.15, 0.2) is 24.3 Å². The average Bonchev–Trinajstić information content (AvgIpc) is 1.83. The van der Waals surface area contributed by atoms with Gasteiger partial charge in [-0.2, -0.15) is 13.2 Å². The Hall–Kier alpha value is -0.770. The molecule has 12 heavy (non-hydrogen) atoms. The van der Waals surface area contributed by atoms with Crippen molar-refractivity contribution in [1.29, 1.82) is 0 Å². The van der Waals surface area contributed by atoms with Gasteiger partial charge in [-0.1, -0.05) is 24.3 Å². The number of allylic oxidation sites excluding steroid dienone is 2. The predicted octanol–water partition coefficient (Wildman–Crippen LogP) is 2.01. The van der Waals surface area contributed by atoms with E-state index < -0.39 is 17.6 Å². The molecular weight excluding hydrogens is 167 g/mol. The van der Waals surface area contributed by atoms with Crippen LogP contribution < -0.4 is 5.73 Å². The Balaban J connectivity index is 2.92. The van der Waals surface area contributed by atoms with Crippen LogP contribution in [-0.2, 0) is 0 Å². The average molecular weight is 177 g/mol. The molecule has 4 heteroatoms. The van der Waals surface area contributed by atoms with E-state index in [2.05, 4.69) is 0 Å².